The Morgan fingerprint density at radius 1 is 0.811 bits per heavy atom. The summed E-state index contributed by atoms with van der Waals surface area (Å²) in [6.07, 6.45) is 1.81. The molecule has 0 aliphatic rings. The lowest BCUT2D eigenvalue weighted by molar-refractivity contribution is -0.137. The maximum atomic E-state index is 11.5. The lowest BCUT2D eigenvalue weighted by atomic mass is 10.0. The molecular formula is C33H29NO3. The quantitative estimate of drug-likeness (QED) is 0.126. The zero-order chi connectivity index (χ0) is 25.8. The molecule has 4 nitrogen and oxygen atoms in total. The summed E-state index contributed by atoms with van der Waals surface area (Å²) in [5.74, 6) is 0.402. The van der Waals surface area contributed by atoms with Gasteiger partial charge in [-0.05, 0) is 88.1 Å². The first-order valence-electron chi connectivity index (χ1n) is 12.3. The fourth-order valence-corrected chi connectivity index (χ4v) is 4.76. The van der Waals surface area contributed by atoms with Crippen LogP contribution < -0.4 is 9.64 Å². The predicted molar refractivity (Wildman–Crippen MR) is 152 cm³/mol. The van der Waals surface area contributed by atoms with Crippen LogP contribution in [0.2, 0.25) is 0 Å². The summed E-state index contributed by atoms with van der Waals surface area (Å²) >= 11 is 0. The Labute approximate surface area is 217 Å². The van der Waals surface area contributed by atoms with Gasteiger partial charge in [0.25, 0.3) is 0 Å². The standard InChI is InChI=1S/C33H29NO3/c1-4-33(35)37-18-17-24-19-23(2)20-29(21-24)34(27-11-14-30(36-3)15-12-27)28-13-16-32-26(22-28)10-9-25-7-5-6-8-31(25)32/h4-16,19-22H,1,17-18H2,2-3H3. The van der Waals surface area contributed by atoms with E-state index >= 15 is 0 Å². The maximum Gasteiger partial charge on any atom is 0.330 e. The summed E-state index contributed by atoms with van der Waals surface area (Å²) in [5.41, 5.74) is 5.35. The Kier molecular flexibility index (Phi) is 6.91. The second kappa shape index (κ2) is 10.6. The molecule has 0 aliphatic carbocycles. The van der Waals surface area contributed by atoms with Gasteiger partial charge in [-0.2, -0.15) is 0 Å². The molecule has 0 saturated carbocycles. The molecule has 5 rings (SSSR count). The third-order valence-corrected chi connectivity index (χ3v) is 6.50. The Morgan fingerprint density at radius 2 is 1.54 bits per heavy atom. The second-order valence-corrected chi connectivity index (χ2v) is 9.02. The van der Waals surface area contributed by atoms with E-state index in [0.717, 1.165) is 33.9 Å². The molecule has 0 heterocycles. The maximum absolute atomic E-state index is 11.5. The zero-order valence-corrected chi connectivity index (χ0v) is 21.1. The number of carbonyl (C=O) groups is 1. The molecule has 0 amide bonds. The number of aryl methyl sites for hydroxylation is 1. The molecule has 0 fully saturated rings. The molecule has 0 bridgehead atoms. The number of anilines is 3. The molecule has 0 atom stereocenters. The van der Waals surface area contributed by atoms with Crippen molar-refractivity contribution in [3.63, 3.8) is 0 Å². The molecule has 0 spiro atoms. The number of benzene rings is 5. The molecule has 0 unspecified atom stereocenters. The van der Waals surface area contributed by atoms with Crippen molar-refractivity contribution in [2.75, 3.05) is 18.6 Å². The molecule has 0 N–H and O–H groups in total. The first kappa shape index (κ1) is 24.1. The van der Waals surface area contributed by atoms with E-state index in [1.165, 1.54) is 27.6 Å². The zero-order valence-electron chi connectivity index (χ0n) is 21.1. The molecule has 0 saturated heterocycles. The number of methoxy groups -OCH3 is 1. The molecule has 5 aromatic rings. The fourth-order valence-electron chi connectivity index (χ4n) is 4.76. The highest BCUT2D eigenvalue weighted by Crippen LogP contribution is 2.38. The average Bonchev–Trinajstić information content (AvgIpc) is 2.93. The van der Waals surface area contributed by atoms with Gasteiger partial charge < -0.3 is 14.4 Å². The SMILES string of the molecule is C=CC(=O)OCCc1cc(C)cc(N(c2ccc(OC)cc2)c2ccc3c(ccc4ccccc43)c2)c1. The first-order valence-corrected chi connectivity index (χ1v) is 12.3. The number of fused-ring (bicyclic) bond motifs is 3. The van der Waals surface area contributed by atoms with Crippen molar-refractivity contribution in [2.24, 2.45) is 0 Å². The molecule has 0 aliphatic heterocycles. The van der Waals surface area contributed by atoms with Crippen molar-refractivity contribution in [2.45, 2.75) is 13.3 Å². The number of ether oxygens (including phenoxy) is 2. The van der Waals surface area contributed by atoms with Crippen molar-refractivity contribution >= 4 is 44.6 Å². The summed E-state index contributed by atoms with van der Waals surface area (Å²) in [6, 6.07) is 34.0. The molecule has 0 aromatic heterocycles. The lowest BCUT2D eigenvalue weighted by Crippen LogP contribution is -2.11. The Hall–Kier alpha value is -4.57. The molecular weight excluding hydrogens is 458 g/mol. The summed E-state index contributed by atoms with van der Waals surface area (Å²) in [4.78, 5) is 13.7. The van der Waals surface area contributed by atoms with E-state index in [4.69, 9.17) is 9.47 Å². The monoisotopic (exact) mass is 487 g/mol. The summed E-state index contributed by atoms with van der Waals surface area (Å²) < 4.78 is 10.6. The highest BCUT2D eigenvalue weighted by molar-refractivity contribution is 6.08. The van der Waals surface area contributed by atoms with Crippen LogP contribution in [-0.4, -0.2) is 19.7 Å². The van der Waals surface area contributed by atoms with Crippen LogP contribution in [0.15, 0.2) is 110 Å². The van der Waals surface area contributed by atoms with Crippen molar-refractivity contribution in [1.29, 1.82) is 0 Å². The van der Waals surface area contributed by atoms with Gasteiger partial charge in [0.1, 0.15) is 5.75 Å². The fraction of sp³-hybridized carbons (Fsp3) is 0.121. The van der Waals surface area contributed by atoms with Crippen LogP contribution >= 0.6 is 0 Å². The highest BCUT2D eigenvalue weighted by atomic mass is 16.5. The van der Waals surface area contributed by atoms with Gasteiger partial charge in [-0.15, -0.1) is 0 Å². The number of rotatable bonds is 8. The minimum absolute atomic E-state index is 0.305. The van der Waals surface area contributed by atoms with Gasteiger partial charge in [-0.3, -0.25) is 0 Å². The van der Waals surface area contributed by atoms with Gasteiger partial charge in [-0.1, -0.05) is 55.1 Å². The normalized spacial score (nSPS) is 10.9. The van der Waals surface area contributed by atoms with Gasteiger partial charge >= 0.3 is 5.97 Å². The average molecular weight is 488 g/mol. The minimum Gasteiger partial charge on any atom is -0.497 e. The van der Waals surface area contributed by atoms with E-state index in [0.29, 0.717) is 13.0 Å². The number of nitrogens with zero attached hydrogens (tertiary/aromatic N) is 1. The first-order chi connectivity index (χ1) is 18.1. The minimum atomic E-state index is -0.406. The van der Waals surface area contributed by atoms with Crippen LogP contribution in [0.25, 0.3) is 21.5 Å². The van der Waals surface area contributed by atoms with Crippen molar-refractivity contribution in [3.8, 4) is 5.75 Å². The molecule has 184 valence electrons. The van der Waals surface area contributed by atoms with E-state index in [1.807, 2.05) is 12.1 Å². The van der Waals surface area contributed by atoms with Gasteiger partial charge in [0.2, 0.25) is 0 Å². The molecule has 4 heteroatoms. The molecule has 0 radical (unpaired) electrons. The summed E-state index contributed by atoms with van der Waals surface area (Å²) in [7, 11) is 1.67. The Bertz CT molecular complexity index is 1590. The summed E-state index contributed by atoms with van der Waals surface area (Å²) in [5, 5.41) is 4.88. The van der Waals surface area contributed by atoms with Crippen molar-refractivity contribution in [3.05, 3.63) is 121 Å². The Balaban J connectivity index is 1.60. The van der Waals surface area contributed by atoms with Crippen molar-refractivity contribution in [1.82, 2.24) is 0 Å². The van der Waals surface area contributed by atoms with Crippen LogP contribution in [0, 0.1) is 6.92 Å². The van der Waals surface area contributed by atoms with E-state index < -0.39 is 5.97 Å². The smallest absolute Gasteiger partial charge is 0.330 e. The number of hydrogen-bond acceptors (Lipinski definition) is 4. The molecule has 37 heavy (non-hydrogen) atoms. The highest BCUT2D eigenvalue weighted by Gasteiger charge is 2.15. The van der Waals surface area contributed by atoms with Gasteiger partial charge in [0.05, 0.1) is 13.7 Å². The number of carbonyl (C=O) groups excluding carboxylic acids is 1. The van der Waals surface area contributed by atoms with E-state index in [2.05, 4.69) is 103 Å². The van der Waals surface area contributed by atoms with Crippen LogP contribution in [0.4, 0.5) is 17.1 Å². The number of esters is 1. The third kappa shape index (κ3) is 5.19. The van der Waals surface area contributed by atoms with Crippen LogP contribution in [0.5, 0.6) is 5.75 Å². The van der Waals surface area contributed by atoms with Crippen molar-refractivity contribution < 1.29 is 14.3 Å². The molecule has 5 aromatic carbocycles. The second-order valence-electron chi connectivity index (χ2n) is 9.02. The third-order valence-electron chi connectivity index (χ3n) is 6.50. The van der Waals surface area contributed by atoms with Crippen LogP contribution in [0.3, 0.4) is 0 Å². The number of hydrogen-bond donors (Lipinski definition) is 0. The summed E-state index contributed by atoms with van der Waals surface area (Å²) in [6.45, 7) is 5.85. The van der Waals surface area contributed by atoms with E-state index in [-0.39, 0.29) is 0 Å². The van der Waals surface area contributed by atoms with E-state index in [1.54, 1.807) is 7.11 Å². The van der Waals surface area contributed by atoms with E-state index in [9.17, 15) is 4.79 Å². The Morgan fingerprint density at radius 3 is 2.32 bits per heavy atom. The lowest BCUT2D eigenvalue weighted by Gasteiger charge is -2.27. The van der Waals surface area contributed by atoms with Gasteiger partial charge in [0.15, 0.2) is 0 Å². The van der Waals surface area contributed by atoms with Gasteiger partial charge in [0, 0.05) is 29.6 Å². The van der Waals surface area contributed by atoms with Crippen LogP contribution in [-0.2, 0) is 16.0 Å². The van der Waals surface area contributed by atoms with Gasteiger partial charge in [-0.25, -0.2) is 4.79 Å². The predicted octanol–water partition coefficient (Wildman–Crippen LogP) is 8.05. The largest absolute Gasteiger partial charge is 0.497 e. The topological polar surface area (TPSA) is 38.8 Å². The van der Waals surface area contributed by atoms with Crippen LogP contribution in [0.1, 0.15) is 11.1 Å².